The van der Waals surface area contributed by atoms with Crippen LogP contribution in [0.5, 0.6) is 0 Å². The molecule has 0 spiro atoms. The number of halogens is 1. The molecule has 1 fully saturated rings. The molecule has 1 N–H and O–H groups in total. The van der Waals surface area contributed by atoms with Gasteiger partial charge in [-0.3, -0.25) is 9.69 Å². The van der Waals surface area contributed by atoms with Crippen molar-refractivity contribution in [1.29, 1.82) is 0 Å². The minimum atomic E-state index is -0.932. The molecule has 0 radical (unpaired) electrons. The van der Waals surface area contributed by atoms with E-state index in [4.69, 9.17) is 0 Å². The van der Waals surface area contributed by atoms with Gasteiger partial charge in [-0.25, -0.2) is 9.67 Å². The largest absolute Gasteiger partial charge is 0.411 e. The van der Waals surface area contributed by atoms with Crippen LogP contribution in [0.25, 0.3) is 0 Å². The van der Waals surface area contributed by atoms with Gasteiger partial charge in [-0.15, -0.1) is 0 Å². The first-order valence-electron chi connectivity index (χ1n) is 6.62. The number of hydrogen-bond donors (Lipinski definition) is 1. The molecule has 1 unspecified atom stereocenters. The SMILES string of the molecule is CC1(C)C(=O)N(c2ccc(Br)cc2)C(n2cncn2)C1=NO. The third kappa shape index (κ3) is 2.10. The number of nitrogens with zero attached hydrogens (tertiary/aromatic N) is 5. The summed E-state index contributed by atoms with van der Waals surface area (Å²) in [7, 11) is 0. The van der Waals surface area contributed by atoms with Gasteiger partial charge in [-0.05, 0) is 38.1 Å². The lowest BCUT2D eigenvalue weighted by molar-refractivity contribution is -0.122. The average Bonchev–Trinajstić information content (AvgIpc) is 3.07. The van der Waals surface area contributed by atoms with Crippen LogP contribution in [0.2, 0.25) is 0 Å². The number of amides is 1. The number of hydrogen-bond acceptors (Lipinski definition) is 5. The van der Waals surface area contributed by atoms with Crippen LogP contribution in [-0.2, 0) is 4.79 Å². The summed E-state index contributed by atoms with van der Waals surface area (Å²) in [5, 5.41) is 16.9. The highest BCUT2D eigenvalue weighted by Gasteiger charge is 2.53. The van der Waals surface area contributed by atoms with E-state index >= 15 is 0 Å². The third-order valence-corrected chi connectivity index (χ3v) is 4.31. The van der Waals surface area contributed by atoms with Crippen molar-refractivity contribution in [3.8, 4) is 0 Å². The highest BCUT2D eigenvalue weighted by molar-refractivity contribution is 9.10. The predicted octanol–water partition coefficient (Wildman–Crippen LogP) is 2.44. The maximum Gasteiger partial charge on any atom is 0.240 e. The molecule has 1 aliphatic rings. The maximum absolute atomic E-state index is 12.8. The summed E-state index contributed by atoms with van der Waals surface area (Å²) in [5.74, 6) is -0.164. The fourth-order valence-corrected chi connectivity index (χ4v) is 2.86. The fourth-order valence-electron chi connectivity index (χ4n) is 2.59. The Labute approximate surface area is 135 Å². The van der Waals surface area contributed by atoms with Crippen molar-refractivity contribution in [2.24, 2.45) is 10.6 Å². The van der Waals surface area contributed by atoms with Gasteiger partial charge in [0.15, 0.2) is 6.17 Å². The maximum atomic E-state index is 12.8. The molecule has 1 saturated heterocycles. The first kappa shape index (κ1) is 14.7. The van der Waals surface area contributed by atoms with E-state index in [1.54, 1.807) is 18.7 Å². The van der Waals surface area contributed by atoms with Crippen LogP contribution in [0, 0.1) is 5.41 Å². The van der Waals surface area contributed by atoms with Gasteiger partial charge in [-0.1, -0.05) is 21.1 Å². The molecule has 0 bridgehead atoms. The highest BCUT2D eigenvalue weighted by atomic mass is 79.9. The van der Waals surface area contributed by atoms with E-state index in [1.807, 2.05) is 24.3 Å². The third-order valence-electron chi connectivity index (χ3n) is 3.78. The van der Waals surface area contributed by atoms with Crippen LogP contribution < -0.4 is 4.90 Å². The van der Waals surface area contributed by atoms with Gasteiger partial charge in [-0.2, -0.15) is 5.10 Å². The van der Waals surface area contributed by atoms with Crippen molar-refractivity contribution >= 4 is 33.2 Å². The Hall–Kier alpha value is -2.22. The monoisotopic (exact) mass is 363 g/mol. The second-order valence-corrected chi connectivity index (χ2v) is 6.43. The van der Waals surface area contributed by atoms with Gasteiger partial charge in [0, 0.05) is 10.2 Å². The molecule has 8 heteroatoms. The zero-order chi connectivity index (χ0) is 15.9. The van der Waals surface area contributed by atoms with Crippen molar-refractivity contribution in [3.63, 3.8) is 0 Å². The molecule has 3 rings (SSSR count). The number of carbonyl (C=O) groups is 1. The fraction of sp³-hybridized carbons (Fsp3) is 0.286. The Morgan fingerprint density at radius 3 is 2.55 bits per heavy atom. The molecule has 7 nitrogen and oxygen atoms in total. The minimum absolute atomic E-state index is 0.164. The van der Waals surface area contributed by atoms with Gasteiger partial charge >= 0.3 is 0 Å². The smallest absolute Gasteiger partial charge is 0.240 e. The zero-order valence-electron chi connectivity index (χ0n) is 12.0. The summed E-state index contributed by atoms with van der Waals surface area (Å²) < 4.78 is 2.42. The number of aromatic nitrogens is 3. The molecular formula is C14H14BrN5O2. The Morgan fingerprint density at radius 1 is 1.32 bits per heavy atom. The van der Waals surface area contributed by atoms with Crippen molar-refractivity contribution in [3.05, 3.63) is 41.4 Å². The van der Waals surface area contributed by atoms with E-state index in [-0.39, 0.29) is 5.91 Å². The number of oxime groups is 1. The summed E-state index contributed by atoms with van der Waals surface area (Å²) in [5.41, 5.74) is 0.0877. The molecule has 2 heterocycles. The Morgan fingerprint density at radius 2 is 2.00 bits per heavy atom. The molecule has 114 valence electrons. The zero-order valence-corrected chi connectivity index (χ0v) is 13.6. The van der Waals surface area contributed by atoms with Gasteiger partial charge < -0.3 is 5.21 Å². The summed E-state index contributed by atoms with van der Waals surface area (Å²) >= 11 is 3.38. The van der Waals surface area contributed by atoms with Crippen molar-refractivity contribution < 1.29 is 10.0 Å². The Bertz CT molecular complexity index is 724. The molecule has 2 aromatic rings. The topological polar surface area (TPSA) is 83.6 Å². The summed E-state index contributed by atoms with van der Waals surface area (Å²) in [6.07, 6.45) is 2.23. The normalized spacial score (nSPS) is 22.5. The number of rotatable bonds is 2. The number of carbonyl (C=O) groups excluding carboxylic acids is 1. The standard InChI is InChI=1S/C14H14BrN5O2/c1-14(2)11(18-22)12(19-8-16-7-17-19)20(13(14)21)10-5-3-9(15)4-6-10/h3-8,12,22H,1-2H3. The highest BCUT2D eigenvalue weighted by Crippen LogP contribution is 2.41. The number of benzene rings is 1. The summed E-state index contributed by atoms with van der Waals surface area (Å²) in [6.45, 7) is 3.46. The van der Waals surface area contributed by atoms with E-state index in [1.165, 1.54) is 17.3 Å². The quantitative estimate of drug-likeness (QED) is 0.655. The van der Waals surface area contributed by atoms with E-state index in [0.717, 1.165) is 4.47 Å². The molecule has 1 amide bonds. The van der Waals surface area contributed by atoms with Crippen LogP contribution in [0.4, 0.5) is 5.69 Å². The molecule has 1 aromatic heterocycles. The van der Waals surface area contributed by atoms with Gasteiger partial charge in [0.2, 0.25) is 5.91 Å². The molecule has 0 saturated carbocycles. The van der Waals surface area contributed by atoms with Gasteiger partial charge in [0.05, 0.1) is 5.41 Å². The van der Waals surface area contributed by atoms with Crippen LogP contribution >= 0.6 is 15.9 Å². The molecule has 22 heavy (non-hydrogen) atoms. The number of anilines is 1. The van der Waals surface area contributed by atoms with Crippen molar-refractivity contribution in [2.75, 3.05) is 4.90 Å². The van der Waals surface area contributed by atoms with Gasteiger partial charge in [0.1, 0.15) is 18.4 Å². The van der Waals surface area contributed by atoms with Gasteiger partial charge in [0.25, 0.3) is 0 Å². The van der Waals surface area contributed by atoms with Crippen LogP contribution in [-0.4, -0.2) is 31.6 Å². The van der Waals surface area contributed by atoms with Crippen LogP contribution in [0.3, 0.4) is 0 Å². The summed E-state index contributed by atoms with van der Waals surface area (Å²) in [6, 6.07) is 7.34. The lowest BCUT2D eigenvalue weighted by Crippen LogP contribution is -2.34. The minimum Gasteiger partial charge on any atom is -0.411 e. The second-order valence-electron chi connectivity index (χ2n) is 5.51. The van der Waals surface area contributed by atoms with E-state index in [2.05, 4.69) is 31.2 Å². The van der Waals surface area contributed by atoms with Crippen LogP contribution in [0.1, 0.15) is 20.0 Å². The van der Waals surface area contributed by atoms with E-state index in [0.29, 0.717) is 11.4 Å². The Kier molecular flexibility index (Phi) is 3.48. The lowest BCUT2D eigenvalue weighted by atomic mass is 9.89. The first-order chi connectivity index (χ1) is 10.5. The van der Waals surface area contributed by atoms with E-state index < -0.39 is 11.6 Å². The van der Waals surface area contributed by atoms with Crippen LogP contribution in [0.15, 0.2) is 46.5 Å². The molecule has 1 aromatic carbocycles. The van der Waals surface area contributed by atoms with Crippen molar-refractivity contribution in [2.45, 2.75) is 20.0 Å². The molecular weight excluding hydrogens is 350 g/mol. The second kappa shape index (κ2) is 5.20. The average molecular weight is 364 g/mol. The Balaban J connectivity index is 2.17. The lowest BCUT2D eigenvalue weighted by Gasteiger charge is -2.24. The predicted molar refractivity (Wildman–Crippen MR) is 83.7 cm³/mol. The molecule has 1 atom stereocenters. The molecule has 0 aliphatic carbocycles. The van der Waals surface area contributed by atoms with Crippen molar-refractivity contribution in [1.82, 2.24) is 14.8 Å². The summed E-state index contributed by atoms with van der Waals surface area (Å²) in [4.78, 5) is 18.3. The molecule has 1 aliphatic heterocycles. The van der Waals surface area contributed by atoms with E-state index in [9.17, 15) is 10.0 Å². The first-order valence-corrected chi connectivity index (χ1v) is 7.42.